The molecule has 1 aromatic carbocycles. The van der Waals surface area contributed by atoms with Crippen LogP contribution in [0.25, 0.3) is 0 Å². The van der Waals surface area contributed by atoms with Crippen molar-refractivity contribution in [2.24, 2.45) is 5.92 Å². The number of hydrogen-bond acceptors (Lipinski definition) is 3. The summed E-state index contributed by atoms with van der Waals surface area (Å²) < 4.78 is 0.753. The first-order chi connectivity index (χ1) is 8.08. The summed E-state index contributed by atoms with van der Waals surface area (Å²) in [5, 5.41) is 18.3. The number of halogens is 1. The van der Waals surface area contributed by atoms with Crippen LogP contribution in [0.4, 0.5) is 5.69 Å². The molecule has 0 radical (unpaired) electrons. The largest absolute Gasteiger partial charge is 0.489 e. The molecule has 1 aliphatic rings. The Kier molecular flexibility index (Phi) is 4.12. The molecule has 17 heavy (non-hydrogen) atoms. The van der Waals surface area contributed by atoms with E-state index in [-0.39, 0.29) is 0 Å². The number of rotatable bonds is 2. The van der Waals surface area contributed by atoms with Gasteiger partial charge in [-0.1, -0.05) is 28.9 Å². The van der Waals surface area contributed by atoms with Gasteiger partial charge < -0.3 is 14.9 Å². The van der Waals surface area contributed by atoms with Gasteiger partial charge in [-0.15, -0.1) is 0 Å². The first-order valence-corrected chi connectivity index (χ1v) is 6.77. The van der Waals surface area contributed by atoms with E-state index in [0.29, 0.717) is 5.46 Å². The number of benzene rings is 1. The minimum Gasteiger partial charge on any atom is -0.423 e. The first kappa shape index (κ1) is 12.9. The molecule has 0 saturated carbocycles. The smallest absolute Gasteiger partial charge is 0.423 e. The van der Waals surface area contributed by atoms with Crippen molar-refractivity contribution < 1.29 is 10.0 Å². The summed E-state index contributed by atoms with van der Waals surface area (Å²) in [7, 11) is -1.42. The molecule has 2 rings (SSSR count). The summed E-state index contributed by atoms with van der Waals surface area (Å²) in [6, 6.07) is 5.68. The molecule has 5 heteroatoms. The Hall–Kier alpha value is -0.515. The molecule has 1 heterocycles. The highest BCUT2D eigenvalue weighted by atomic mass is 79.9. The maximum atomic E-state index is 9.15. The average molecular weight is 298 g/mol. The fourth-order valence-corrected chi connectivity index (χ4v) is 2.76. The van der Waals surface area contributed by atoms with E-state index in [2.05, 4.69) is 27.8 Å². The van der Waals surface area contributed by atoms with Gasteiger partial charge in [0.2, 0.25) is 0 Å². The van der Waals surface area contributed by atoms with E-state index in [0.717, 1.165) is 29.2 Å². The molecule has 1 aromatic rings. The van der Waals surface area contributed by atoms with Crippen LogP contribution in [-0.4, -0.2) is 30.3 Å². The summed E-state index contributed by atoms with van der Waals surface area (Å²) in [5.74, 6) is 0.813. The molecule has 0 atom stereocenters. The molecule has 92 valence electrons. The van der Waals surface area contributed by atoms with Gasteiger partial charge in [-0.25, -0.2) is 0 Å². The Morgan fingerprint density at radius 2 is 1.94 bits per heavy atom. The highest BCUT2D eigenvalue weighted by molar-refractivity contribution is 9.10. The van der Waals surface area contributed by atoms with E-state index in [9.17, 15) is 0 Å². The van der Waals surface area contributed by atoms with Gasteiger partial charge in [0.05, 0.1) is 0 Å². The van der Waals surface area contributed by atoms with Gasteiger partial charge in [-0.05, 0) is 36.4 Å². The van der Waals surface area contributed by atoms with Crippen molar-refractivity contribution in [1.29, 1.82) is 0 Å². The quantitative estimate of drug-likeness (QED) is 0.810. The molecule has 3 nitrogen and oxygen atoms in total. The Labute approximate surface area is 111 Å². The van der Waals surface area contributed by atoms with Crippen LogP contribution in [0.15, 0.2) is 22.7 Å². The van der Waals surface area contributed by atoms with Gasteiger partial charge >= 0.3 is 7.12 Å². The summed E-state index contributed by atoms with van der Waals surface area (Å²) >= 11 is 3.38. The van der Waals surface area contributed by atoms with E-state index in [4.69, 9.17) is 10.0 Å². The average Bonchev–Trinajstić information content (AvgIpc) is 2.29. The predicted molar refractivity (Wildman–Crippen MR) is 74.6 cm³/mol. The number of anilines is 1. The van der Waals surface area contributed by atoms with Gasteiger partial charge in [-0.3, -0.25) is 0 Å². The Bertz CT molecular complexity index is 392. The maximum Gasteiger partial charge on any atom is 0.489 e. The molecular formula is C12H17BBrNO2. The third kappa shape index (κ3) is 3.03. The zero-order valence-electron chi connectivity index (χ0n) is 9.93. The highest BCUT2D eigenvalue weighted by Crippen LogP contribution is 2.24. The van der Waals surface area contributed by atoms with E-state index in [1.165, 1.54) is 12.8 Å². The third-order valence-corrected chi connectivity index (χ3v) is 4.10. The second-order valence-electron chi connectivity index (χ2n) is 4.75. The second kappa shape index (κ2) is 5.42. The lowest BCUT2D eigenvalue weighted by Gasteiger charge is -2.32. The van der Waals surface area contributed by atoms with Gasteiger partial charge in [0, 0.05) is 23.2 Å². The zero-order valence-corrected chi connectivity index (χ0v) is 11.5. The minimum atomic E-state index is -1.42. The normalized spacial score (nSPS) is 17.3. The Morgan fingerprint density at radius 3 is 2.47 bits per heavy atom. The molecule has 0 aromatic heterocycles. The molecule has 0 amide bonds. The van der Waals surface area contributed by atoms with Crippen LogP contribution in [0, 0.1) is 5.92 Å². The number of piperidine rings is 1. The fraction of sp³-hybridized carbons (Fsp3) is 0.500. The lowest BCUT2D eigenvalue weighted by atomic mass is 9.80. The van der Waals surface area contributed by atoms with Crippen molar-refractivity contribution in [3.8, 4) is 0 Å². The SMILES string of the molecule is CC1CCN(c2ccc(B(O)O)c(Br)c2)CC1. The first-order valence-electron chi connectivity index (χ1n) is 5.98. The molecule has 2 N–H and O–H groups in total. The molecule has 0 unspecified atom stereocenters. The molecule has 0 aliphatic carbocycles. The van der Waals surface area contributed by atoms with E-state index in [1.54, 1.807) is 6.07 Å². The van der Waals surface area contributed by atoms with Crippen molar-refractivity contribution in [3.05, 3.63) is 22.7 Å². The van der Waals surface area contributed by atoms with Crippen LogP contribution in [0.5, 0.6) is 0 Å². The number of nitrogens with zero attached hydrogens (tertiary/aromatic N) is 1. The van der Waals surface area contributed by atoms with Crippen LogP contribution in [0.2, 0.25) is 0 Å². The van der Waals surface area contributed by atoms with Crippen LogP contribution >= 0.6 is 15.9 Å². The topological polar surface area (TPSA) is 43.7 Å². The van der Waals surface area contributed by atoms with Crippen LogP contribution in [0.1, 0.15) is 19.8 Å². The zero-order chi connectivity index (χ0) is 12.4. The van der Waals surface area contributed by atoms with Gasteiger partial charge in [0.25, 0.3) is 0 Å². The van der Waals surface area contributed by atoms with Crippen LogP contribution in [-0.2, 0) is 0 Å². The molecule has 1 saturated heterocycles. The Balaban J connectivity index is 2.14. The summed E-state index contributed by atoms with van der Waals surface area (Å²) in [6.07, 6.45) is 2.45. The monoisotopic (exact) mass is 297 g/mol. The standard InChI is InChI=1S/C12H17BBrNO2/c1-9-4-6-15(7-5-9)10-2-3-11(13(16)17)12(14)8-10/h2-3,8-9,16-17H,4-7H2,1H3. The van der Waals surface area contributed by atoms with Gasteiger partial charge in [0.15, 0.2) is 0 Å². The predicted octanol–water partition coefficient (Wildman–Crippen LogP) is 1.37. The summed E-state index contributed by atoms with van der Waals surface area (Å²) in [4.78, 5) is 2.35. The molecule has 0 spiro atoms. The Morgan fingerprint density at radius 1 is 1.29 bits per heavy atom. The van der Waals surface area contributed by atoms with Crippen molar-refractivity contribution in [2.75, 3.05) is 18.0 Å². The van der Waals surface area contributed by atoms with Crippen LogP contribution in [0.3, 0.4) is 0 Å². The second-order valence-corrected chi connectivity index (χ2v) is 5.60. The van der Waals surface area contributed by atoms with Crippen molar-refractivity contribution >= 4 is 34.2 Å². The highest BCUT2D eigenvalue weighted by Gasteiger charge is 2.19. The third-order valence-electron chi connectivity index (χ3n) is 3.41. The van der Waals surface area contributed by atoms with Gasteiger partial charge in [0.1, 0.15) is 0 Å². The molecule has 0 bridgehead atoms. The van der Waals surface area contributed by atoms with Crippen molar-refractivity contribution in [1.82, 2.24) is 0 Å². The summed E-state index contributed by atoms with van der Waals surface area (Å²) in [6.45, 7) is 4.45. The lowest BCUT2D eigenvalue weighted by molar-refractivity contribution is 0.425. The fourth-order valence-electron chi connectivity index (χ4n) is 2.19. The van der Waals surface area contributed by atoms with Crippen LogP contribution < -0.4 is 10.4 Å². The summed E-state index contributed by atoms with van der Waals surface area (Å²) in [5.41, 5.74) is 1.66. The van der Waals surface area contributed by atoms with E-state index >= 15 is 0 Å². The molecule has 1 aliphatic heterocycles. The maximum absolute atomic E-state index is 9.15. The van der Waals surface area contributed by atoms with Crippen molar-refractivity contribution in [3.63, 3.8) is 0 Å². The van der Waals surface area contributed by atoms with Gasteiger partial charge in [-0.2, -0.15) is 0 Å². The van der Waals surface area contributed by atoms with E-state index in [1.807, 2.05) is 12.1 Å². The van der Waals surface area contributed by atoms with Crippen molar-refractivity contribution in [2.45, 2.75) is 19.8 Å². The number of hydrogen-bond donors (Lipinski definition) is 2. The molecular weight excluding hydrogens is 281 g/mol. The lowest BCUT2D eigenvalue weighted by Crippen LogP contribution is -2.34. The molecule has 1 fully saturated rings. The minimum absolute atomic E-state index is 0.513. The van der Waals surface area contributed by atoms with E-state index < -0.39 is 7.12 Å².